The van der Waals surface area contributed by atoms with E-state index in [9.17, 15) is 9.59 Å². The first kappa shape index (κ1) is 18.9. The van der Waals surface area contributed by atoms with Crippen LogP contribution in [-0.2, 0) is 28.5 Å². The highest BCUT2D eigenvalue weighted by atomic mass is 16.6. The molecular formula is C14H26O6. The summed E-state index contributed by atoms with van der Waals surface area (Å²) in [4.78, 5) is 23.9. The molecule has 0 bridgehead atoms. The van der Waals surface area contributed by atoms with Crippen LogP contribution in [-0.4, -0.2) is 50.6 Å². The van der Waals surface area contributed by atoms with Gasteiger partial charge in [0.25, 0.3) is 0 Å². The van der Waals surface area contributed by atoms with Crippen molar-refractivity contribution in [1.29, 1.82) is 0 Å². The minimum atomic E-state index is -1.08. The Labute approximate surface area is 120 Å². The highest BCUT2D eigenvalue weighted by Crippen LogP contribution is 2.11. The van der Waals surface area contributed by atoms with Crippen LogP contribution in [0.2, 0.25) is 0 Å². The Kier molecular flexibility index (Phi) is 11.0. The topological polar surface area (TPSA) is 71.1 Å². The first-order valence-electron chi connectivity index (χ1n) is 7.18. The Morgan fingerprint density at radius 2 is 1.10 bits per heavy atom. The Balaban J connectivity index is 4.93. The summed E-state index contributed by atoms with van der Waals surface area (Å²) in [5, 5.41) is 0. The minimum absolute atomic E-state index is 0.216. The van der Waals surface area contributed by atoms with Gasteiger partial charge in [-0.25, -0.2) is 9.59 Å². The molecule has 0 N–H and O–H groups in total. The predicted octanol–water partition coefficient (Wildman–Crippen LogP) is 1.70. The fourth-order valence-corrected chi connectivity index (χ4v) is 1.50. The van der Waals surface area contributed by atoms with Gasteiger partial charge in [0.2, 0.25) is 0 Å². The molecule has 2 atom stereocenters. The summed E-state index contributed by atoms with van der Waals surface area (Å²) < 4.78 is 20.7. The fourth-order valence-electron chi connectivity index (χ4n) is 1.50. The SMILES string of the molecule is CCCOC(C(=O)OCC)C(OCCC)C(=O)OCC. The molecule has 0 saturated carbocycles. The van der Waals surface area contributed by atoms with Crippen molar-refractivity contribution in [2.45, 2.75) is 52.7 Å². The molecule has 0 aromatic carbocycles. The monoisotopic (exact) mass is 290 g/mol. The molecule has 0 fully saturated rings. The summed E-state index contributed by atoms with van der Waals surface area (Å²) >= 11 is 0. The summed E-state index contributed by atoms with van der Waals surface area (Å²) in [6.07, 6.45) is -0.723. The molecule has 0 saturated heterocycles. The van der Waals surface area contributed by atoms with Crippen LogP contribution in [0.5, 0.6) is 0 Å². The molecule has 0 heterocycles. The minimum Gasteiger partial charge on any atom is -0.464 e. The van der Waals surface area contributed by atoms with Crippen LogP contribution in [0.25, 0.3) is 0 Å². The number of hydrogen-bond acceptors (Lipinski definition) is 6. The van der Waals surface area contributed by atoms with Gasteiger partial charge in [-0.1, -0.05) is 13.8 Å². The predicted molar refractivity (Wildman–Crippen MR) is 73.3 cm³/mol. The standard InChI is InChI=1S/C14H26O6/c1-5-9-19-11(13(15)17-7-3)12(20-10-6-2)14(16)18-8-4/h11-12H,5-10H2,1-4H3. The van der Waals surface area contributed by atoms with E-state index in [1.54, 1.807) is 13.8 Å². The average Bonchev–Trinajstić information content (AvgIpc) is 2.42. The summed E-state index contributed by atoms with van der Waals surface area (Å²) in [5.74, 6) is -1.20. The lowest BCUT2D eigenvalue weighted by Gasteiger charge is -2.24. The van der Waals surface area contributed by atoms with Crippen LogP contribution in [0.15, 0.2) is 0 Å². The van der Waals surface area contributed by atoms with Crippen LogP contribution < -0.4 is 0 Å². The van der Waals surface area contributed by atoms with Gasteiger partial charge in [-0.05, 0) is 26.7 Å². The van der Waals surface area contributed by atoms with Gasteiger partial charge in [-0.15, -0.1) is 0 Å². The fraction of sp³-hybridized carbons (Fsp3) is 0.857. The van der Waals surface area contributed by atoms with E-state index < -0.39 is 24.1 Å². The van der Waals surface area contributed by atoms with Crippen molar-refractivity contribution < 1.29 is 28.5 Å². The Morgan fingerprint density at radius 1 is 0.750 bits per heavy atom. The molecule has 0 aromatic rings. The Morgan fingerprint density at radius 3 is 1.35 bits per heavy atom. The summed E-state index contributed by atoms with van der Waals surface area (Å²) in [5.41, 5.74) is 0. The summed E-state index contributed by atoms with van der Waals surface area (Å²) in [7, 11) is 0. The van der Waals surface area contributed by atoms with Crippen LogP contribution >= 0.6 is 0 Å². The van der Waals surface area contributed by atoms with E-state index in [0.717, 1.165) is 12.8 Å². The van der Waals surface area contributed by atoms with Gasteiger partial charge in [0.05, 0.1) is 13.2 Å². The van der Waals surface area contributed by atoms with E-state index in [4.69, 9.17) is 18.9 Å². The number of esters is 2. The van der Waals surface area contributed by atoms with Crippen LogP contribution in [0.3, 0.4) is 0 Å². The van der Waals surface area contributed by atoms with Crippen molar-refractivity contribution in [3.8, 4) is 0 Å². The van der Waals surface area contributed by atoms with Crippen molar-refractivity contribution in [3.63, 3.8) is 0 Å². The van der Waals surface area contributed by atoms with Crippen molar-refractivity contribution in [2.24, 2.45) is 0 Å². The molecular weight excluding hydrogens is 264 g/mol. The smallest absolute Gasteiger partial charge is 0.338 e. The van der Waals surface area contributed by atoms with Gasteiger partial charge >= 0.3 is 11.9 Å². The molecule has 0 aliphatic carbocycles. The lowest BCUT2D eigenvalue weighted by Crippen LogP contribution is -2.45. The van der Waals surface area contributed by atoms with E-state index in [-0.39, 0.29) is 13.2 Å². The summed E-state index contributed by atoms with van der Waals surface area (Å²) in [6, 6.07) is 0. The molecule has 0 aromatic heterocycles. The van der Waals surface area contributed by atoms with E-state index in [1.165, 1.54) is 0 Å². The first-order valence-corrected chi connectivity index (χ1v) is 7.18. The van der Waals surface area contributed by atoms with E-state index >= 15 is 0 Å². The molecule has 0 radical (unpaired) electrons. The third kappa shape index (κ3) is 6.86. The molecule has 2 unspecified atom stereocenters. The molecule has 118 valence electrons. The average molecular weight is 290 g/mol. The third-order valence-electron chi connectivity index (χ3n) is 2.32. The van der Waals surface area contributed by atoms with Gasteiger partial charge in [-0.3, -0.25) is 0 Å². The third-order valence-corrected chi connectivity index (χ3v) is 2.32. The molecule has 0 amide bonds. The van der Waals surface area contributed by atoms with Crippen molar-refractivity contribution >= 4 is 11.9 Å². The second-order valence-corrected chi connectivity index (χ2v) is 4.09. The maximum atomic E-state index is 11.9. The number of rotatable bonds is 11. The highest BCUT2D eigenvalue weighted by Gasteiger charge is 2.37. The quantitative estimate of drug-likeness (QED) is 0.539. The lowest BCUT2D eigenvalue weighted by atomic mass is 10.2. The van der Waals surface area contributed by atoms with Gasteiger partial charge in [0, 0.05) is 13.2 Å². The number of ether oxygens (including phenoxy) is 4. The van der Waals surface area contributed by atoms with Gasteiger partial charge < -0.3 is 18.9 Å². The maximum Gasteiger partial charge on any atom is 0.338 e. The molecule has 0 aliphatic heterocycles. The molecule has 0 spiro atoms. The Bertz CT molecular complexity index is 251. The number of hydrogen-bond donors (Lipinski definition) is 0. The lowest BCUT2D eigenvalue weighted by molar-refractivity contribution is -0.183. The largest absolute Gasteiger partial charge is 0.464 e. The zero-order valence-electron chi connectivity index (χ0n) is 12.8. The van der Waals surface area contributed by atoms with Crippen LogP contribution in [0.1, 0.15) is 40.5 Å². The number of carbonyl (C=O) groups is 2. The normalized spacial score (nSPS) is 13.6. The highest BCUT2D eigenvalue weighted by molar-refractivity contribution is 5.85. The molecule has 0 aliphatic rings. The second kappa shape index (κ2) is 11.7. The van der Waals surface area contributed by atoms with Crippen LogP contribution in [0.4, 0.5) is 0 Å². The number of carbonyl (C=O) groups excluding carboxylic acids is 2. The van der Waals surface area contributed by atoms with Crippen molar-refractivity contribution in [2.75, 3.05) is 26.4 Å². The molecule has 6 heteroatoms. The van der Waals surface area contributed by atoms with Crippen molar-refractivity contribution in [3.05, 3.63) is 0 Å². The maximum absolute atomic E-state index is 11.9. The van der Waals surface area contributed by atoms with E-state index in [1.807, 2.05) is 13.8 Å². The Hall–Kier alpha value is -1.14. The van der Waals surface area contributed by atoms with Crippen molar-refractivity contribution in [1.82, 2.24) is 0 Å². The summed E-state index contributed by atoms with van der Waals surface area (Å²) in [6.45, 7) is 8.33. The zero-order chi connectivity index (χ0) is 15.4. The second-order valence-electron chi connectivity index (χ2n) is 4.09. The molecule has 20 heavy (non-hydrogen) atoms. The molecule has 6 nitrogen and oxygen atoms in total. The van der Waals surface area contributed by atoms with Gasteiger partial charge in [0.15, 0.2) is 12.2 Å². The van der Waals surface area contributed by atoms with Gasteiger partial charge in [-0.2, -0.15) is 0 Å². The zero-order valence-corrected chi connectivity index (χ0v) is 12.8. The van der Waals surface area contributed by atoms with E-state index in [2.05, 4.69) is 0 Å². The van der Waals surface area contributed by atoms with E-state index in [0.29, 0.717) is 13.2 Å². The van der Waals surface area contributed by atoms with Crippen LogP contribution in [0, 0.1) is 0 Å². The molecule has 0 rings (SSSR count). The van der Waals surface area contributed by atoms with Gasteiger partial charge in [0.1, 0.15) is 0 Å². The first-order chi connectivity index (χ1) is 9.62.